The van der Waals surface area contributed by atoms with Gasteiger partial charge in [0.1, 0.15) is 17.5 Å². The monoisotopic (exact) mass is 450 g/mol. The Labute approximate surface area is 196 Å². The third-order valence-electron chi connectivity index (χ3n) is 4.61. The van der Waals surface area contributed by atoms with E-state index in [1.54, 1.807) is 56.5 Å². The number of amides is 2. The summed E-state index contributed by atoms with van der Waals surface area (Å²) in [6.45, 7) is 7.87. The average molecular weight is 451 g/mol. The number of methoxy groups -OCH3 is 1. The molecule has 2 aromatic rings. The van der Waals surface area contributed by atoms with Crippen molar-refractivity contribution in [2.24, 2.45) is 11.7 Å². The first-order valence-corrected chi connectivity index (χ1v) is 10.8. The van der Waals surface area contributed by atoms with Gasteiger partial charge in [0.05, 0.1) is 7.11 Å². The fraction of sp³-hybridized carbons (Fsp3) is 0.269. The van der Waals surface area contributed by atoms with Crippen LogP contribution in [-0.2, 0) is 16.1 Å². The summed E-state index contributed by atoms with van der Waals surface area (Å²) in [5.74, 6) is -1.26. The number of allylic oxidation sites excluding steroid dienone is 3. The minimum atomic E-state index is -1.03. The van der Waals surface area contributed by atoms with Crippen molar-refractivity contribution in [3.63, 3.8) is 0 Å². The van der Waals surface area contributed by atoms with Crippen LogP contribution in [0.3, 0.4) is 0 Å². The number of carbonyl (C=O) groups excluding carboxylic acids is 2. The third-order valence-corrected chi connectivity index (χ3v) is 4.61. The van der Waals surface area contributed by atoms with Gasteiger partial charge < -0.3 is 21.1 Å². The van der Waals surface area contributed by atoms with Gasteiger partial charge in [-0.1, -0.05) is 44.2 Å². The Balaban J connectivity index is 0.00000265. The first-order chi connectivity index (χ1) is 15.9. The minimum absolute atomic E-state index is 0.0584. The van der Waals surface area contributed by atoms with Gasteiger partial charge in [0.15, 0.2) is 0 Å². The molecular weight excluding hydrogens is 416 g/mol. The Kier molecular flexibility index (Phi) is 11.7. The number of hydrogen-bond donors (Lipinski definition) is 4. The fourth-order valence-corrected chi connectivity index (χ4v) is 2.99. The van der Waals surface area contributed by atoms with Gasteiger partial charge in [-0.25, -0.2) is 0 Å². The Morgan fingerprint density at radius 3 is 2.30 bits per heavy atom. The number of nitrogen functional groups attached to an aromatic ring is 1. The van der Waals surface area contributed by atoms with Gasteiger partial charge in [-0.3, -0.25) is 15.0 Å². The number of ether oxygens (including phenoxy) is 1. The molecule has 1 unspecified atom stereocenters. The molecule has 0 aliphatic heterocycles. The highest BCUT2D eigenvalue weighted by atomic mass is 16.5. The molecule has 5 N–H and O–H groups in total. The predicted octanol–water partition coefficient (Wildman–Crippen LogP) is 4.40. The van der Waals surface area contributed by atoms with Crippen LogP contribution in [0.4, 0.5) is 5.69 Å². The highest BCUT2D eigenvalue weighted by Crippen LogP contribution is 2.19. The number of amidine groups is 1. The number of hydrogen-bond acceptors (Lipinski definition) is 4. The van der Waals surface area contributed by atoms with Gasteiger partial charge in [0.25, 0.3) is 0 Å². The van der Waals surface area contributed by atoms with E-state index in [2.05, 4.69) is 10.6 Å². The molecule has 7 heteroatoms. The molecule has 0 aliphatic rings. The van der Waals surface area contributed by atoms with E-state index >= 15 is 0 Å². The van der Waals surface area contributed by atoms with Crippen LogP contribution in [-0.4, -0.2) is 24.8 Å². The van der Waals surface area contributed by atoms with Gasteiger partial charge in [0, 0.05) is 17.8 Å². The van der Waals surface area contributed by atoms with Gasteiger partial charge >= 0.3 is 0 Å². The predicted molar refractivity (Wildman–Crippen MR) is 134 cm³/mol. The van der Waals surface area contributed by atoms with Crippen molar-refractivity contribution in [2.75, 3.05) is 12.4 Å². The molecule has 7 nitrogen and oxygen atoms in total. The number of nitrogens with two attached hydrogens (primary N) is 1. The van der Waals surface area contributed by atoms with Crippen LogP contribution in [0.5, 0.6) is 5.75 Å². The Hall–Kier alpha value is -3.87. The third kappa shape index (κ3) is 8.29. The standard InChI is InChI=1S/C24H28N4O3.C2H6/c1-4-7-17(5-2)21(23(29)27-15-16-8-6-9-20(14-16)31-3)24(30)28-19-12-10-18(11-13-19)22(25)26;1-2/h4-14,21H,15H2,1-3H3,(H3,25,26)(H,27,29)(H,28,30);1-2H3/b7-4-,17-5+;. The highest BCUT2D eigenvalue weighted by Gasteiger charge is 2.29. The summed E-state index contributed by atoms with van der Waals surface area (Å²) in [6.07, 6.45) is 5.27. The largest absolute Gasteiger partial charge is 0.497 e. The number of rotatable bonds is 9. The second kappa shape index (κ2) is 14.2. The SMILES string of the molecule is C/C=C\C(=C/C)C(C(=O)NCc1cccc(OC)c1)C(=O)Nc1ccc(C(=N)N)cc1.CC. The average Bonchev–Trinajstić information content (AvgIpc) is 2.84. The first-order valence-electron chi connectivity index (χ1n) is 10.8. The first kappa shape index (κ1) is 27.2. The minimum Gasteiger partial charge on any atom is -0.497 e. The van der Waals surface area contributed by atoms with E-state index in [9.17, 15) is 9.59 Å². The lowest BCUT2D eigenvalue weighted by Crippen LogP contribution is -2.38. The molecule has 2 aromatic carbocycles. The van der Waals surface area contributed by atoms with E-state index in [1.807, 2.05) is 45.0 Å². The van der Waals surface area contributed by atoms with E-state index in [4.69, 9.17) is 15.9 Å². The molecule has 0 fully saturated rings. The van der Waals surface area contributed by atoms with Crippen molar-refractivity contribution in [2.45, 2.75) is 34.2 Å². The second-order valence-electron chi connectivity index (χ2n) is 6.77. The molecule has 2 rings (SSSR count). The molecule has 0 aliphatic carbocycles. The Morgan fingerprint density at radius 2 is 1.76 bits per heavy atom. The van der Waals surface area contributed by atoms with Crippen molar-refractivity contribution in [3.05, 3.63) is 83.5 Å². The molecule has 0 aromatic heterocycles. The van der Waals surface area contributed by atoms with Gasteiger partial charge in [-0.15, -0.1) is 0 Å². The summed E-state index contributed by atoms with van der Waals surface area (Å²) in [5.41, 5.74) is 7.97. The summed E-state index contributed by atoms with van der Waals surface area (Å²) in [5, 5.41) is 13.1. The van der Waals surface area contributed by atoms with Crippen molar-refractivity contribution in [1.29, 1.82) is 5.41 Å². The smallest absolute Gasteiger partial charge is 0.241 e. The molecule has 33 heavy (non-hydrogen) atoms. The summed E-state index contributed by atoms with van der Waals surface area (Å²) >= 11 is 0. The molecule has 0 heterocycles. The molecule has 1 atom stereocenters. The van der Waals surface area contributed by atoms with Gasteiger partial charge in [0.2, 0.25) is 11.8 Å². The zero-order chi connectivity index (χ0) is 24.8. The topological polar surface area (TPSA) is 117 Å². The molecule has 176 valence electrons. The van der Waals surface area contributed by atoms with E-state index in [0.717, 1.165) is 5.56 Å². The maximum absolute atomic E-state index is 13.0. The van der Waals surface area contributed by atoms with Crippen molar-refractivity contribution in [3.8, 4) is 5.75 Å². The highest BCUT2D eigenvalue weighted by molar-refractivity contribution is 6.09. The molecule has 0 spiro atoms. The summed E-state index contributed by atoms with van der Waals surface area (Å²) in [7, 11) is 1.58. The van der Waals surface area contributed by atoms with E-state index in [0.29, 0.717) is 22.6 Å². The van der Waals surface area contributed by atoms with Crippen molar-refractivity contribution in [1.82, 2.24) is 5.32 Å². The van der Waals surface area contributed by atoms with Crippen LogP contribution >= 0.6 is 0 Å². The summed E-state index contributed by atoms with van der Waals surface area (Å²) < 4.78 is 5.21. The molecule has 0 bridgehead atoms. The van der Waals surface area contributed by atoms with Crippen LogP contribution in [0.1, 0.15) is 38.8 Å². The maximum Gasteiger partial charge on any atom is 0.241 e. The van der Waals surface area contributed by atoms with Crippen LogP contribution in [0, 0.1) is 11.3 Å². The lowest BCUT2D eigenvalue weighted by Gasteiger charge is -2.18. The lowest BCUT2D eigenvalue weighted by atomic mass is 9.95. The van der Waals surface area contributed by atoms with Crippen molar-refractivity contribution < 1.29 is 14.3 Å². The molecule has 0 radical (unpaired) electrons. The van der Waals surface area contributed by atoms with E-state index in [-0.39, 0.29) is 12.4 Å². The number of carbonyl (C=O) groups is 2. The van der Waals surface area contributed by atoms with Gasteiger partial charge in [-0.05, 0) is 61.4 Å². The van der Waals surface area contributed by atoms with E-state index in [1.165, 1.54) is 0 Å². The summed E-state index contributed by atoms with van der Waals surface area (Å²) in [6, 6.07) is 13.9. The van der Waals surface area contributed by atoms with Crippen LogP contribution in [0.25, 0.3) is 0 Å². The molecule has 0 saturated heterocycles. The van der Waals surface area contributed by atoms with Crippen molar-refractivity contribution >= 4 is 23.3 Å². The summed E-state index contributed by atoms with van der Waals surface area (Å²) in [4.78, 5) is 26.0. The van der Waals surface area contributed by atoms with Crippen LogP contribution in [0.15, 0.2) is 72.3 Å². The Morgan fingerprint density at radius 1 is 1.09 bits per heavy atom. The van der Waals surface area contributed by atoms with E-state index < -0.39 is 17.7 Å². The number of nitrogens with one attached hydrogen (secondary N) is 3. The maximum atomic E-state index is 13.0. The second-order valence-corrected chi connectivity index (χ2v) is 6.77. The Bertz CT molecular complexity index is 995. The zero-order valence-corrected chi connectivity index (χ0v) is 19.9. The van der Waals surface area contributed by atoms with Gasteiger partial charge in [-0.2, -0.15) is 0 Å². The fourth-order valence-electron chi connectivity index (χ4n) is 2.99. The van der Waals surface area contributed by atoms with Crippen LogP contribution in [0.2, 0.25) is 0 Å². The molecular formula is C26H34N4O3. The molecule has 2 amide bonds. The number of anilines is 1. The normalized spacial score (nSPS) is 11.7. The molecule has 0 saturated carbocycles. The number of benzene rings is 2. The quantitative estimate of drug-likeness (QED) is 0.196. The van der Waals surface area contributed by atoms with Crippen LogP contribution < -0.4 is 21.1 Å². The zero-order valence-electron chi connectivity index (χ0n) is 19.9. The lowest BCUT2D eigenvalue weighted by molar-refractivity contribution is -0.130.